The Balaban J connectivity index is 2.58. The van der Waals surface area contributed by atoms with Crippen molar-refractivity contribution in [2.24, 2.45) is 0 Å². The van der Waals surface area contributed by atoms with E-state index in [2.05, 4.69) is 5.10 Å². The third-order valence-corrected chi connectivity index (χ3v) is 3.00. The van der Waals surface area contributed by atoms with Gasteiger partial charge in [0.2, 0.25) is 0 Å². The summed E-state index contributed by atoms with van der Waals surface area (Å²) in [5.74, 6) is -0.175. The van der Waals surface area contributed by atoms with Crippen LogP contribution in [0.4, 0.5) is 19.0 Å². The van der Waals surface area contributed by atoms with Crippen LogP contribution in [0.3, 0.4) is 0 Å². The lowest BCUT2D eigenvalue weighted by atomic mass is 10.3. The van der Waals surface area contributed by atoms with Crippen LogP contribution in [0.1, 0.15) is 5.69 Å². The molecule has 0 unspecified atom stereocenters. The molecule has 0 atom stereocenters. The average molecular weight is 296 g/mol. The number of halogens is 5. The van der Waals surface area contributed by atoms with Crippen molar-refractivity contribution >= 4 is 29.0 Å². The van der Waals surface area contributed by atoms with Gasteiger partial charge >= 0.3 is 6.18 Å². The number of nitrogens with zero attached hydrogens (tertiary/aromatic N) is 2. The lowest BCUT2D eigenvalue weighted by Gasteiger charge is -2.07. The van der Waals surface area contributed by atoms with E-state index < -0.39 is 11.9 Å². The fourth-order valence-electron chi connectivity index (χ4n) is 1.38. The summed E-state index contributed by atoms with van der Waals surface area (Å²) < 4.78 is 38.4. The highest BCUT2D eigenvalue weighted by atomic mass is 35.5. The zero-order chi connectivity index (χ0) is 13.5. The third-order valence-electron chi connectivity index (χ3n) is 2.19. The van der Waals surface area contributed by atoms with Gasteiger partial charge in [0.05, 0.1) is 15.7 Å². The summed E-state index contributed by atoms with van der Waals surface area (Å²) in [5.41, 5.74) is 4.59. The van der Waals surface area contributed by atoms with Crippen LogP contribution < -0.4 is 5.73 Å². The third kappa shape index (κ3) is 2.26. The molecule has 18 heavy (non-hydrogen) atoms. The van der Waals surface area contributed by atoms with E-state index in [9.17, 15) is 13.2 Å². The second-order valence-electron chi connectivity index (χ2n) is 3.44. The minimum atomic E-state index is -4.57. The van der Waals surface area contributed by atoms with Gasteiger partial charge in [-0.05, 0) is 12.1 Å². The summed E-state index contributed by atoms with van der Waals surface area (Å²) in [4.78, 5) is 0. The van der Waals surface area contributed by atoms with E-state index in [1.165, 1.54) is 18.2 Å². The van der Waals surface area contributed by atoms with Gasteiger partial charge < -0.3 is 5.73 Å². The number of nitrogen functional groups attached to an aromatic ring is 1. The molecule has 0 spiro atoms. The monoisotopic (exact) mass is 295 g/mol. The Morgan fingerprint density at radius 2 is 1.89 bits per heavy atom. The molecule has 0 radical (unpaired) electrons. The highest BCUT2D eigenvalue weighted by Crippen LogP contribution is 2.33. The molecular formula is C10H6Cl2F3N3. The van der Waals surface area contributed by atoms with Gasteiger partial charge in [-0.25, -0.2) is 4.68 Å². The lowest BCUT2D eigenvalue weighted by Crippen LogP contribution is -2.08. The maximum atomic E-state index is 12.5. The standard InChI is InChI=1S/C10H6Cl2F3N3/c11-5-2-1-3-6(9(5)12)18-8(16)4-7(17-18)10(13,14)15/h1-4H,16H2. The molecule has 1 aromatic heterocycles. The maximum Gasteiger partial charge on any atom is 0.435 e. The normalized spacial score (nSPS) is 11.8. The van der Waals surface area contributed by atoms with Gasteiger partial charge in [0, 0.05) is 6.07 Å². The first-order valence-corrected chi connectivity index (χ1v) is 5.43. The lowest BCUT2D eigenvalue weighted by molar-refractivity contribution is -0.141. The Morgan fingerprint density at radius 1 is 1.22 bits per heavy atom. The van der Waals surface area contributed by atoms with Gasteiger partial charge in [0.1, 0.15) is 5.82 Å². The molecule has 0 bridgehead atoms. The average Bonchev–Trinajstić information content (AvgIpc) is 2.64. The Labute approximate surface area is 110 Å². The molecule has 0 amide bonds. The van der Waals surface area contributed by atoms with Crippen LogP contribution in [0.2, 0.25) is 10.0 Å². The largest absolute Gasteiger partial charge is 0.435 e. The van der Waals surface area contributed by atoms with E-state index in [-0.39, 0.29) is 21.6 Å². The topological polar surface area (TPSA) is 43.8 Å². The zero-order valence-electron chi connectivity index (χ0n) is 8.67. The fourth-order valence-corrected chi connectivity index (χ4v) is 1.76. The number of alkyl halides is 3. The van der Waals surface area contributed by atoms with Crippen molar-refractivity contribution < 1.29 is 13.2 Å². The van der Waals surface area contributed by atoms with Crippen molar-refractivity contribution in [3.05, 3.63) is 40.0 Å². The number of hydrogen-bond acceptors (Lipinski definition) is 2. The summed E-state index contributed by atoms with van der Waals surface area (Å²) in [6, 6.07) is 5.25. The van der Waals surface area contributed by atoms with Crippen LogP contribution in [-0.4, -0.2) is 9.78 Å². The highest BCUT2D eigenvalue weighted by Gasteiger charge is 2.35. The van der Waals surface area contributed by atoms with E-state index in [0.717, 1.165) is 10.7 Å². The van der Waals surface area contributed by atoms with E-state index in [1.807, 2.05) is 0 Å². The van der Waals surface area contributed by atoms with Crippen molar-refractivity contribution in [2.45, 2.75) is 6.18 Å². The molecule has 2 N–H and O–H groups in total. The number of anilines is 1. The summed E-state index contributed by atoms with van der Waals surface area (Å²) in [6.07, 6.45) is -4.57. The fraction of sp³-hybridized carbons (Fsp3) is 0.100. The van der Waals surface area contributed by atoms with Gasteiger partial charge in [-0.1, -0.05) is 29.3 Å². The second-order valence-corrected chi connectivity index (χ2v) is 4.22. The molecule has 96 valence electrons. The van der Waals surface area contributed by atoms with E-state index in [0.29, 0.717) is 0 Å². The second kappa shape index (κ2) is 4.37. The molecule has 1 heterocycles. The Morgan fingerprint density at radius 3 is 2.44 bits per heavy atom. The van der Waals surface area contributed by atoms with Crippen molar-refractivity contribution in [3.8, 4) is 5.69 Å². The number of benzene rings is 1. The maximum absolute atomic E-state index is 12.5. The number of nitrogens with two attached hydrogens (primary N) is 1. The molecule has 0 saturated carbocycles. The SMILES string of the molecule is Nc1cc(C(F)(F)F)nn1-c1cccc(Cl)c1Cl. The van der Waals surface area contributed by atoms with Gasteiger partial charge in [0.25, 0.3) is 0 Å². The molecule has 2 rings (SSSR count). The van der Waals surface area contributed by atoms with Gasteiger partial charge in [-0.2, -0.15) is 18.3 Å². The van der Waals surface area contributed by atoms with Crippen molar-refractivity contribution in [1.82, 2.24) is 9.78 Å². The summed E-state index contributed by atoms with van der Waals surface area (Å²) in [6.45, 7) is 0. The molecule has 0 aliphatic rings. The minimum absolute atomic E-state index is 0.0858. The van der Waals surface area contributed by atoms with E-state index >= 15 is 0 Å². The molecule has 1 aromatic carbocycles. The predicted octanol–water partition coefficient (Wildman–Crippen LogP) is 3.78. The first-order chi connectivity index (χ1) is 8.30. The zero-order valence-corrected chi connectivity index (χ0v) is 10.2. The van der Waals surface area contributed by atoms with Gasteiger partial charge in [-0.15, -0.1) is 0 Å². The number of hydrogen-bond donors (Lipinski definition) is 1. The van der Waals surface area contributed by atoms with Crippen LogP contribution in [-0.2, 0) is 6.18 Å². The van der Waals surface area contributed by atoms with Crippen LogP contribution in [0.5, 0.6) is 0 Å². The molecule has 0 aliphatic heterocycles. The van der Waals surface area contributed by atoms with Crippen molar-refractivity contribution in [2.75, 3.05) is 5.73 Å². The van der Waals surface area contributed by atoms with Crippen LogP contribution in [0.25, 0.3) is 5.69 Å². The first kappa shape index (κ1) is 13.0. The van der Waals surface area contributed by atoms with Crippen molar-refractivity contribution in [3.63, 3.8) is 0 Å². The van der Waals surface area contributed by atoms with E-state index in [1.54, 1.807) is 0 Å². The van der Waals surface area contributed by atoms with Crippen molar-refractivity contribution in [1.29, 1.82) is 0 Å². The molecule has 8 heteroatoms. The Hall–Kier alpha value is -1.40. The first-order valence-electron chi connectivity index (χ1n) is 4.68. The molecular weight excluding hydrogens is 290 g/mol. The minimum Gasteiger partial charge on any atom is -0.384 e. The van der Waals surface area contributed by atoms with Gasteiger partial charge in [-0.3, -0.25) is 0 Å². The molecule has 2 aromatic rings. The quantitative estimate of drug-likeness (QED) is 0.870. The van der Waals surface area contributed by atoms with E-state index in [4.69, 9.17) is 28.9 Å². The number of aromatic nitrogens is 2. The van der Waals surface area contributed by atoms with Gasteiger partial charge in [0.15, 0.2) is 5.69 Å². The summed E-state index contributed by atoms with van der Waals surface area (Å²) in [7, 11) is 0. The smallest absolute Gasteiger partial charge is 0.384 e. The Bertz CT molecular complexity index is 593. The summed E-state index contributed by atoms with van der Waals surface area (Å²) in [5, 5.41) is 3.67. The Kier molecular flexibility index (Phi) is 3.16. The summed E-state index contributed by atoms with van der Waals surface area (Å²) >= 11 is 11.7. The van der Waals surface area contributed by atoms with Crippen LogP contribution >= 0.6 is 23.2 Å². The van der Waals surface area contributed by atoms with Crippen LogP contribution in [0, 0.1) is 0 Å². The molecule has 0 fully saturated rings. The predicted molar refractivity (Wildman–Crippen MR) is 63.0 cm³/mol. The molecule has 0 aliphatic carbocycles. The van der Waals surface area contributed by atoms with Crippen LogP contribution in [0.15, 0.2) is 24.3 Å². The highest BCUT2D eigenvalue weighted by molar-refractivity contribution is 6.43. The molecule has 0 saturated heterocycles. The number of rotatable bonds is 1. The molecule has 3 nitrogen and oxygen atoms in total.